The lowest BCUT2D eigenvalue weighted by atomic mass is 10.1. The summed E-state index contributed by atoms with van der Waals surface area (Å²) in [7, 11) is 1.30. The number of amides is 2. The smallest absolute Gasteiger partial charge is 0.311 e. The Balaban J connectivity index is 1.73. The summed E-state index contributed by atoms with van der Waals surface area (Å²) in [5.41, 5.74) is 0.434. The molecule has 2 amide bonds. The van der Waals surface area contributed by atoms with E-state index in [1.165, 1.54) is 42.3 Å². The molecule has 3 rings (SSSR count). The standard InChI is InChI=1S/C24H28FN3O6/c1-16(24(30)26-19-5-3-4-6-19)27(14-17-7-9-18(25)10-8-17)23(29)15-34-20-11-12-21(28(31)32)22(13-20)33-2/h7-13,16,19H,3-6,14-15H2,1-2H3,(H,26,30)/t16-/m0/s1. The zero-order chi connectivity index (χ0) is 24.7. The Morgan fingerprint density at radius 3 is 2.50 bits per heavy atom. The number of carbonyl (C=O) groups is 2. The highest BCUT2D eigenvalue weighted by molar-refractivity contribution is 5.88. The topological polar surface area (TPSA) is 111 Å². The lowest BCUT2D eigenvalue weighted by Crippen LogP contribution is -2.50. The van der Waals surface area contributed by atoms with Crippen LogP contribution in [0.15, 0.2) is 42.5 Å². The summed E-state index contributed by atoms with van der Waals surface area (Å²) >= 11 is 0. The average Bonchev–Trinajstić information content (AvgIpc) is 3.34. The molecule has 34 heavy (non-hydrogen) atoms. The van der Waals surface area contributed by atoms with Crippen LogP contribution in [-0.4, -0.2) is 47.4 Å². The second kappa shape index (κ2) is 11.4. The number of hydrogen-bond acceptors (Lipinski definition) is 6. The molecule has 1 atom stereocenters. The lowest BCUT2D eigenvalue weighted by molar-refractivity contribution is -0.385. The third kappa shape index (κ3) is 6.43. The molecule has 1 fully saturated rings. The van der Waals surface area contributed by atoms with Crippen molar-refractivity contribution >= 4 is 17.5 Å². The summed E-state index contributed by atoms with van der Waals surface area (Å²) in [6.07, 6.45) is 3.94. The van der Waals surface area contributed by atoms with Gasteiger partial charge < -0.3 is 19.7 Å². The number of hydrogen-bond donors (Lipinski definition) is 1. The van der Waals surface area contributed by atoms with Gasteiger partial charge in [0, 0.05) is 24.7 Å². The predicted molar refractivity (Wildman–Crippen MR) is 122 cm³/mol. The number of ether oxygens (including phenoxy) is 2. The minimum Gasteiger partial charge on any atom is -0.490 e. The minimum atomic E-state index is -0.784. The van der Waals surface area contributed by atoms with Gasteiger partial charge in [-0.05, 0) is 43.5 Å². The number of methoxy groups -OCH3 is 1. The fourth-order valence-corrected chi connectivity index (χ4v) is 3.89. The fraction of sp³-hybridized carbons (Fsp3) is 0.417. The maximum Gasteiger partial charge on any atom is 0.311 e. The Morgan fingerprint density at radius 2 is 1.88 bits per heavy atom. The van der Waals surface area contributed by atoms with Gasteiger partial charge in [0.1, 0.15) is 17.6 Å². The van der Waals surface area contributed by atoms with Crippen LogP contribution in [0.25, 0.3) is 0 Å². The molecule has 182 valence electrons. The maximum atomic E-state index is 13.3. The van der Waals surface area contributed by atoms with E-state index in [1.54, 1.807) is 19.1 Å². The van der Waals surface area contributed by atoms with Crippen LogP contribution in [0.2, 0.25) is 0 Å². The molecule has 0 spiro atoms. The number of nitrogens with one attached hydrogen (secondary N) is 1. The summed E-state index contributed by atoms with van der Waals surface area (Å²) in [6.45, 7) is 1.33. The Kier molecular flexibility index (Phi) is 8.39. The molecule has 0 bridgehead atoms. The number of carbonyl (C=O) groups excluding carboxylic acids is 2. The number of nitro benzene ring substituents is 1. The van der Waals surface area contributed by atoms with Gasteiger partial charge >= 0.3 is 5.69 Å². The molecule has 1 saturated carbocycles. The van der Waals surface area contributed by atoms with Crippen molar-refractivity contribution in [2.45, 2.75) is 51.2 Å². The molecule has 0 aliphatic heterocycles. The van der Waals surface area contributed by atoms with Crippen LogP contribution in [-0.2, 0) is 16.1 Å². The first-order chi connectivity index (χ1) is 16.3. The third-order valence-corrected chi connectivity index (χ3v) is 5.85. The van der Waals surface area contributed by atoms with E-state index in [1.807, 2.05) is 0 Å². The first-order valence-corrected chi connectivity index (χ1v) is 11.1. The van der Waals surface area contributed by atoms with Gasteiger partial charge in [0.25, 0.3) is 5.91 Å². The van der Waals surface area contributed by atoms with Crippen LogP contribution in [0, 0.1) is 15.9 Å². The monoisotopic (exact) mass is 473 g/mol. The summed E-state index contributed by atoms with van der Waals surface area (Å²) in [5, 5.41) is 14.1. The van der Waals surface area contributed by atoms with Crippen LogP contribution in [0.1, 0.15) is 38.2 Å². The Hall–Kier alpha value is -3.69. The van der Waals surface area contributed by atoms with Gasteiger partial charge in [0.2, 0.25) is 11.7 Å². The highest BCUT2D eigenvalue weighted by Crippen LogP contribution is 2.30. The van der Waals surface area contributed by atoms with E-state index in [-0.39, 0.29) is 35.7 Å². The van der Waals surface area contributed by atoms with Gasteiger partial charge in [-0.3, -0.25) is 19.7 Å². The molecular formula is C24H28FN3O6. The van der Waals surface area contributed by atoms with E-state index in [2.05, 4.69) is 5.32 Å². The van der Waals surface area contributed by atoms with Crippen LogP contribution in [0.5, 0.6) is 11.5 Å². The van der Waals surface area contributed by atoms with Crippen LogP contribution < -0.4 is 14.8 Å². The number of nitro groups is 1. The van der Waals surface area contributed by atoms with Crippen LogP contribution >= 0.6 is 0 Å². The van der Waals surface area contributed by atoms with Crippen molar-refractivity contribution in [3.05, 3.63) is 64.0 Å². The quantitative estimate of drug-likeness (QED) is 0.417. The molecule has 1 aliphatic carbocycles. The van der Waals surface area contributed by atoms with E-state index in [4.69, 9.17) is 9.47 Å². The highest BCUT2D eigenvalue weighted by atomic mass is 19.1. The maximum absolute atomic E-state index is 13.3. The summed E-state index contributed by atoms with van der Waals surface area (Å²) in [6, 6.07) is 8.93. The van der Waals surface area contributed by atoms with E-state index >= 15 is 0 Å². The minimum absolute atomic E-state index is 0.00225. The highest BCUT2D eigenvalue weighted by Gasteiger charge is 2.29. The summed E-state index contributed by atoms with van der Waals surface area (Å²) < 4.78 is 23.9. The normalized spacial score (nSPS) is 14.3. The van der Waals surface area contributed by atoms with Crippen molar-refractivity contribution in [2.75, 3.05) is 13.7 Å². The Labute approximate surface area is 197 Å². The van der Waals surface area contributed by atoms with Gasteiger partial charge in [-0.15, -0.1) is 0 Å². The molecule has 2 aromatic rings. The number of halogens is 1. The number of nitrogens with zero attached hydrogens (tertiary/aromatic N) is 2. The Bertz CT molecular complexity index is 1020. The number of rotatable bonds is 10. The second-order valence-electron chi connectivity index (χ2n) is 8.19. The molecule has 1 N–H and O–H groups in total. The van der Waals surface area contributed by atoms with Crippen LogP contribution in [0.4, 0.5) is 10.1 Å². The van der Waals surface area contributed by atoms with Crippen molar-refractivity contribution in [3.8, 4) is 11.5 Å². The molecule has 10 heteroatoms. The van der Waals surface area contributed by atoms with Crippen molar-refractivity contribution in [1.82, 2.24) is 10.2 Å². The molecule has 0 unspecified atom stereocenters. The Morgan fingerprint density at radius 1 is 1.21 bits per heavy atom. The number of benzene rings is 2. The summed E-state index contributed by atoms with van der Waals surface area (Å²) in [4.78, 5) is 37.8. The molecule has 9 nitrogen and oxygen atoms in total. The van der Waals surface area contributed by atoms with Crippen molar-refractivity contribution in [3.63, 3.8) is 0 Å². The average molecular weight is 474 g/mol. The van der Waals surface area contributed by atoms with Crippen molar-refractivity contribution < 1.29 is 28.4 Å². The van der Waals surface area contributed by atoms with Gasteiger partial charge in [-0.25, -0.2) is 4.39 Å². The van der Waals surface area contributed by atoms with Gasteiger partial charge in [0.05, 0.1) is 12.0 Å². The van der Waals surface area contributed by atoms with E-state index in [9.17, 15) is 24.1 Å². The first-order valence-electron chi connectivity index (χ1n) is 11.1. The molecular weight excluding hydrogens is 445 g/mol. The fourth-order valence-electron chi connectivity index (χ4n) is 3.89. The zero-order valence-electron chi connectivity index (χ0n) is 19.2. The lowest BCUT2D eigenvalue weighted by Gasteiger charge is -2.29. The van der Waals surface area contributed by atoms with Crippen molar-refractivity contribution in [2.24, 2.45) is 0 Å². The van der Waals surface area contributed by atoms with Crippen molar-refractivity contribution in [1.29, 1.82) is 0 Å². The van der Waals surface area contributed by atoms with E-state index in [0.717, 1.165) is 25.7 Å². The first kappa shape index (κ1) is 24.9. The van der Waals surface area contributed by atoms with Gasteiger partial charge in [-0.2, -0.15) is 0 Å². The molecule has 0 aromatic heterocycles. The molecule has 0 heterocycles. The second-order valence-corrected chi connectivity index (χ2v) is 8.19. The largest absolute Gasteiger partial charge is 0.490 e. The molecule has 0 radical (unpaired) electrons. The van der Waals surface area contributed by atoms with Gasteiger partial charge in [0.15, 0.2) is 6.61 Å². The predicted octanol–water partition coefficient (Wildman–Crippen LogP) is 3.60. The summed E-state index contributed by atoms with van der Waals surface area (Å²) in [5.74, 6) is -0.915. The van der Waals surface area contributed by atoms with E-state index in [0.29, 0.717) is 5.56 Å². The molecule has 1 aliphatic rings. The zero-order valence-corrected chi connectivity index (χ0v) is 19.2. The SMILES string of the molecule is COc1cc(OCC(=O)N(Cc2ccc(F)cc2)[C@@H](C)C(=O)NC2CCCC2)ccc1[N+](=O)[O-]. The van der Waals surface area contributed by atoms with Crippen LogP contribution in [0.3, 0.4) is 0 Å². The van der Waals surface area contributed by atoms with E-state index < -0.39 is 29.3 Å². The molecule has 0 saturated heterocycles. The molecule has 2 aromatic carbocycles. The van der Waals surface area contributed by atoms with Gasteiger partial charge in [-0.1, -0.05) is 25.0 Å². The third-order valence-electron chi connectivity index (χ3n) is 5.85.